The molecule has 2 aromatic carbocycles. The SMILES string of the molecule is CCCOc1ccc(OC(=O)c2ccc(C(C)OCCC)cc2)cc1. The normalized spacial score (nSPS) is 11.8. The maximum atomic E-state index is 12.2. The number of hydrogen-bond donors (Lipinski definition) is 0. The summed E-state index contributed by atoms with van der Waals surface area (Å²) in [7, 11) is 0. The summed E-state index contributed by atoms with van der Waals surface area (Å²) in [5, 5.41) is 0. The van der Waals surface area contributed by atoms with Crippen molar-refractivity contribution in [3.05, 3.63) is 59.7 Å². The molecule has 4 heteroatoms. The van der Waals surface area contributed by atoms with E-state index in [1.165, 1.54) is 0 Å². The smallest absolute Gasteiger partial charge is 0.343 e. The minimum absolute atomic E-state index is 0.0145. The van der Waals surface area contributed by atoms with E-state index in [9.17, 15) is 4.79 Å². The predicted molar refractivity (Wildman–Crippen MR) is 98.3 cm³/mol. The molecule has 0 aliphatic rings. The molecule has 0 radical (unpaired) electrons. The van der Waals surface area contributed by atoms with Crippen molar-refractivity contribution in [3.63, 3.8) is 0 Å². The number of ether oxygens (including phenoxy) is 3. The number of carbonyl (C=O) groups is 1. The lowest BCUT2D eigenvalue weighted by atomic mass is 10.1. The van der Waals surface area contributed by atoms with Crippen molar-refractivity contribution in [2.45, 2.75) is 39.7 Å². The first-order valence-electron chi connectivity index (χ1n) is 8.80. The van der Waals surface area contributed by atoms with Crippen molar-refractivity contribution in [3.8, 4) is 11.5 Å². The highest BCUT2D eigenvalue weighted by molar-refractivity contribution is 5.91. The van der Waals surface area contributed by atoms with E-state index in [0.717, 1.165) is 30.8 Å². The van der Waals surface area contributed by atoms with Crippen molar-refractivity contribution in [1.82, 2.24) is 0 Å². The molecule has 0 aliphatic heterocycles. The van der Waals surface area contributed by atoms with Gasteiger partial charge in [0.25, 0.3) is 0 Å². The largest absolute Gasteiger partial charge is 0.494 e. The lowest BCUT2D eigenvalue weighted by molar-refractivity contribution is 0.0660. The Bertz CT molecular complexity index is 647. The predicted octanol–water partition coefficient (Wildman–Crippen LogP) is 5.18. The van der Waals surface area contributed by atoms with Crippen LogP contribution in [0.1, 0.15) is 55.6 Å². The van der Waals surface area contributed by atoms with Crippen LogP contribution in [-0.2, 0) is 4.74 Å². The summed E-state index contributed by atoms with van der Waals surface area (Å²) in [5.74, 6) is 0.889. The highest BCUT2D eigenvalue weighted by Gasteiger charge is 2.11. The van der Waals surface area contributed by atoms with Gasteiger partial charge < -0.3 is 14.2 Å². The summed E-state index contributed by atoms with van der Waals surface area (Å²) in [5.41, 5.74) is 1.56. The second-order valence-electron chi connectivity index (χ2n) is 5.84. The molecule has 0 N–H and O–H groups in total. The van der Waals surface area contributed by atoms with Crippen LogP contribution in [-0.4, -0.2) is 19.2 Å². The van der Waals surface area contributed by atoms with Gasteiger partial charge in [0.15, 0.2) is 0 Å². The van der Waals surface area contributed by atoms with Crippen LogP contribution in [0.2, 0.25) is 0 Å². The van der Waals surface area contributed by atoms with Crippen LogP contribution in [0.3, 0.4) is 0 Å². The second-order valence-corrected chi connectivity index (χ2v) is 5.84. The van der Waals surface area contributed by atoms with Crippen LogP contribution in [0.25, 0.3) is 0 Å². The highest BCUT2D eigenvalue weighted by Crippen LogP contribution is 2.21. The zero-order valence-corrected chi connectivity index (χ0v) is 15.2. The van der Waals surface area contributed by atoms with Crippen molar-refractivity contribution in [1.29, 1.82) is 0 Å². The quantitative estimate of drug-likeness (QED) is 0.465. The summed E-state index contributed by atoms with van der Waals surface area (Å²) in [4.78, 5) is 12.2. The van der Waals surface area contributed by atoms with Crippen molar-refractivity contribution >= 4 is 5.97 Å². The summed E-state index contributed by atoms with van der Waals surface area (Å²) in [6, 6.07) is 14.4. The molecular weight excluding hydrogens is 316 g/mol. The first kappa shape index (κ1) is 19.0. The molecule has 0 aromatic heterocycles. The van der Waals surface area contributed by atoms with Crippen LogP contribution < -0.4 is 9.47 Å². The third kappa shape index (κ3) is 5.91. The summed E-state index contributed by atoms with van der Waals surface area (Å²) in [6.07, 6.45) is 1.95. The molecule has 4 nitrogen and oxygen atoms in total. The molecule has 0 saturated carbocycles. The monoisotopic (exact) mass is 342 g/mol. The van der Waals surface area contributed by atoms with Gasteiger partial charge in [-0.25, -0.2) is 4.79 Å². The topological polar surface area (TPSA) is 44.8 Å². The third-order valence-corrected chi connectivity index (χ3v) is 3.69. The van der Waals surface area contributed by atoms with Crippen LogP contribution in [0, 0.1) is 0 Å². The van der Waals surface area contributed by atoms with Gasteiger partial charge in [-0.1, -0.05) is 26.0 Å². The molecule has 0 amide bonds. The second kappa shape index (κ2) is 9.84. The molecule has 1 unspecified atom stereocenters. The molecule has 0 bridgehead atoms. The molecule has 0 fully saturated rings. The van der Waals surface area contributed by atoms with Gasteiger partial charge in [-0.15, -0.1) is 0 Å². The molecule has 1 atom stereocenters. The molecule has 134 valence electrons. The third-order valence-electron chi connectivity index (χ3n) is 3.69. The summed E-state index contributed by atoms with van der Waals surface area (Å²) >= 11 is 0. The molecular formula is C21H26O4. The number of esters is 1. The van der Waals surface area contributed by atoms with Crippen LogP contribution in [0.15, 0.2) is 48.5 Å². The van der Waals surface area contributed by atoms with Gasteiger partial charge in [0.05, 0.1) is 18.3 Å². The van der Waals surface area contributed by atoms with E-state index in [4.69, 9.17) is 14.2 Å². The van der Waals surface area contributed by atoms with Gasteiger partial charge in [-0.05, 0) is 61.7 Å². The Labute approximate surface area is 149 Å². The Hall–Kier alpha value is -2.33. The maximum Gasteiger partial charge on any atom is 0.343 e. The minimum atomic E-state index is -0.379. The number of carbonyl (C=O) groups excluding carboxylic acids is 1. The van der Waals surface area contributed by atoms with Crippen molar-refractivity contribution < 1.29 is 19.0 Å². The Morgan fingerprint density at radius 2 is 1.48 bits per heavy atom. The summed E-state index contributed by atoms with van der Waals surface area (Å²) < 4.78 is 16.6. The molecule has 0 spiro atoms. The van der Waals surface area contributed by atoms with E-state index >= 15 is 0 Å². The molecule has 0 heterocycles. The van der Waals surface area contributed by atoms with E-state index in [0.29, 0.717) is 17.9 Å². The molecule has 0 aliphatic carbocycles. The molecule has 2 aromatic rings. The Balaban J connectivity index is 1.94. The van der Waals surface area contributed by atoms with Gasteiger partial charge in [0.2, 0.25) is 0 Å². The first-order chi connectivity index (χ1) is 12.1. The van der Waals surface area contributed by atoms with Crippen LogP contribution >= 0.6 is 0 Å². The van der Waals surface area contributed by atoms with Crippen LogP contribution in [0.4, 0.5) is 0 Å². The van der Waals surface area contributed by atoms with E-state index in [-0.39, 0.29) is 12.1 Å². The standard InChI is InChI=1S/C21H26O4/c1-4-14-23-16(3)17-6-8-18(9-7-17)21(22)25-20-12-10-19(11-13-20)24-15-5-2/h6-13,16H,4-5,14-15H2,1-3H3. The molecule has 25 heavy (non-hydrogen) atoms. The molecule has 0 saturated heterocycles. The van der Waals surface area contributed by atoms with Crippen molar-refractivity contribution in [2.24, 2.45) is 0 Å². The fourth-order valence-electron chi connectivity index (χ4n) is 2.27. The van der Waals surface area contributed by atoms with E-state index in [1.807, 2.05) is 19.1 Å². The van der Waals surface area contributed by atoms with E-state index < -0.39 is 0 Å². The van der Waals surface area contributed by atoms with E-state index in [1.54, 1.807) is 36.4 Å². The van der Waals surface area contributed by atoms with Gasteiger partial charge in [-0.2, -0.15) is 0 Å². The van der Waals surface area contributed by atoms with Crippen molar-refractivity contribution in [2.75, 3.05) is 13.2 Å². The first-order valence-corrected chi connectivity index (χ1v) is 8.80. The average molecular weight is 342 g/mol. The Morgan fingerprint density at radius 3 is 2.08 bits per heavy atom. The lowest BCUT2D eigenvalue weighted by Crippen LogP contribution is -2.09. The summed E-state index contributed by atoms with van der Waals surface area (Å²) in [6.45, 7) is 7.53. The Morgan fingerprint density at radius 1 is 0.880 bits per heavy atom. The molecule has 2 rings (SSSR count). The van der Waals surface area contributed by atoms with Gasteiger partial charge in [-0.3, -0.25) is 0 Å². The van der Waals surface area contributed by atoms with E-state index in [2.05, 4.69) is 13.8 Å². The lowest BCUT2D eigenvalue weighted by Gasteiger charge is -2.13. The number of rotatable bonds is 9. The fraction of sp³-hybridized carbons (Fsp3) is 0.381. The maximum absolute atomic E-state index is 12.2. The van der Waals surface area contributed by atoms with Gasteiger partial charge >= 0.3 is 5.97 Å². The van der Waals surface area contributed by atoms with Gasteiger partial charge in [0.1, 0.15) is 11.5 Å². The average Bonchev–Trinajstić information content (AvgIpc) is 2.65. The zero-order valence-electron chi connectivity index (χ0n) is 15.2. The van der Waals surface area contributed by atoms with Gasteiger partial charge in [0, 0.05) is 6.61 Å². The number of hydrogen-bond acceptors (Lipinski definition) is 4. The Kier molecular flexibility index (Phi) is 7.48. The number of benzene rings is 2. The highest BCUT2D eigenvalue weighted by atomic mass is 16.5. The fourth-order valence-corrected chi connectivity index (χ4v) is 2.27. The van der Waals surface area contributed by atoms with Crippen LogP contribution in [0.5, 0.6) is 11.5 Å². The zero-order chi connectivity index (χ0) is 18.1. The minimum Gasteiger partial charge on any atom is -0.494 e.